The van der Waals surface area contributed by atoms with Crippen LogP contribution in [0.2, 0.25) is 0 Å². The van der Waals surface area contributed by atoms with Crippen molar-refractivity contribution in [2.24, 2.45) is 5.92 Å². The van der Waals surface area contributed by atoms with Crippen LogP contribution in [-0.4, -0.2) is 46.7 Å². The van der Waals surface area contributed by atoms with Gasteiger partial charge >= 0.3 is 5.97 Å². The summed E-state index contributed by atoms with van der Waals surface area (Å²) in [7, 11) is 0. The van der Waals surface area contributed by atoms with Crippen LogP contribution in [0.25, 0.3) is 6.08 Å². The lowest BCUT2D eigenvalue weighted by Crippen LogP contribution is -2.28. The Hall–Kier alpha value is -1.66. The molecule has 1 fully saturated rings. The lowest BCUT2D eigenvalue weighted by atomic mass is 10.1. The normalized spacial score (nSPS) is 19.2. The van der Waals surface area contributed by atoms with Gasteiger partial charge in [0.25, 0.3) is 5.91 Å². The van der Waals surface area contributed by atoms with Gasteiger partial charge in [-0.15, -0.1) is 11.3 Å². The highest BCUT2D eigenvalue weighted by atomic mass is 32.1. The first-order valence-electron chi connectivity index (χ1n) is 6.00. The summed E-state index contributed by atoms with van der Waals surface area (Å²) in [6, 6.07) is 1.69. The fraction of sp³-hybridized carbons (Fsp3) is 0.385. The highest BCUT2D eigenvalue weighted by Gasteiger charge is 2.26. The summed E-state index contributed by atoms with van der Waals surface area (Å²) in [5.41, 5.74) is 0.577. The van der Waals surface area contributed by atoms with E-state index in [1.807, 2.05) is 0 Å². The Bertz CT molecular complexity index is 508. The van der Waals surface area contributed by atoms with Gasteiger partial charge in [-0.2, -0.15) is 0 Å². The fourth-order valence-electron chi connectivity index (χ4n) is 2.05. The molecular formula is C13H15NO4S. The zero-order valence-electron chi connectivity index (χ0n) is 10.3. The Morgan fingerprint density at radius 3 is 2.95 bits per heavy atom. The molecule has 0 spiro atoms. The number of likely N-dealkylation sites (tertiary alicyclic amines) is 1. The summed E-state index contributed by atoms with van der Waals surface area (Å²) >= 11 is 1.34. The van der Waals surface area contributed by atoms with Crippen LogP contribution in [-0.2, 0) is 4.79 Å². The fourth-order valence-corrected chi connectivity index (χ4v) is 2.83. The maximum Gasteiger partial charge on any atom is 0.328 e. The maximum absolute atomic E-state index is 12.2. The van der Waals surface area contributed by atoms with E-state index in [0.29, 0.717) is 18.7 Å². The Kier molecular flexibility index (Phi) is 4.34. The van der Waals surface area contributed by atoms with E-state index in [2.05, 4.69) is 0 Å². The van der Waals surface area contributed by atoms with Crippen molar-refractivity contribution in [3.05, 3.63) is 28.0 Å². The van der Waals surface area contributed by atoms with Gasteiger partial charge in [0.15, 0.2) is 0 Å². The molecule has 1 atom stereocenters. The summed E-state index contributed by atoms with van der Waals surface area (Å²) in [6.07, 6.45) is 3.36. The van der Waals surface area contributed by atoms with Crippen molar-refractivity contribution in [1.29, 1.82) is 0 Å². The van der Waals surface area contributed by atoms with Crippen molar-refractivity contribution in [2.45, 2.75) is 6.42 Å². The maximum atomic E-state index is 12.2. The molecule has 2 heterocycles. The molecule has 1 saturated heterocycles. The molecule has 5 nitrogen and oxygen atoms in total. The van der Waals surface area contributed by atoms with Gasteiger partial charge in [0.05, 0.1) is 5.56 Å². The zero-order valence-corrected chi connectivity index (χ0v) is 11.1. The van der Waals surface area contributed by atoms with Crippen LogP contribution in [0.5, 0.6) is 0 Å². The van der Waals surface area contributed by atoms with Crippen LogP contribution >= 0.6 is 11.3 Å². The molecule has 0 radical (unpaired) electrons. The predicted molar refractivity (Wildman–Crippen MR) is 72.1 cm³/mol. The predicted octanol–water partition coefficient (Wildman–Crippen LogP) is 1.30. The van der Waals surface area contributed by atoms with Crippen molar-refractivity contribution < 1.29 is 19.8 Å². The highest BCUT2D eigenvalue weighted by molar-refractivity contribution is 7.11. The first-order valence-corrected chi connectivity index (χ1v) is 6.88. The standard InChI is InChI=1S/C13H15NO4S/c15-7-9-3-4-14(6-9)13(18)10-5-11(19-8-10)1-2-12(16)17/h1-2,5,8-9,15H,3-4,6-7H2,(H,16,17)/b2-1+. The number of aliphatic hydroxyl groups is 1. The summed E-state index contributed by atoms with van der Waals surface area (Å²) in [4.78, 5) is 25.1. The topological polar surface area (TPSA) is 77.8 Å². The van der Waals surface area contributed by atoms with E-state index in [0.717, 1.165) is 17.4 Å². The second-order valence-electron chi connectivity index (χ2n) is 4.50. The number of aliphatic hydroxyl groups excluding tert-OH is 1. The minimum absolute atomic E-state index is 0.0535. The largest absolute Gasteiger partial charge is 0.478 e. The third-order valence-corrected chi connectivity index (χ3v) is 3.99. The van der Waals surface area contributed by atoms with Crippen LogP contribution < -0.4 is 0 Å². The van der Waals surface area contributed by atoms with Crippen LogP contribution in [0.15, 0.2) is 17.5 Å². The van der Waals surface area contributed by atoms with Gasteiger partial charge in [-0.1, -0.05) is 0 Å². The molecule has 0 saturated carbocycles. The van der Waals surface area contributed by atoms with Crippen molar-refractivity contribution >= 4 is 29.3 Å². The molecule has 0 aliphatic carbocycles. The van der Waals surface area contributed by atoms with Crippen molar-refractivity contribution in [1.82, 2.24) is 4.90 Å². The van der Waals surface area contributed by atoms with Crippen molar-refractivity contribution in [3.63, 3.8) is 0 Å². The molecule has 2 N–H and O–H groups in total. The molecule has 0 aromatic carbocycles. The molecule has 6 heteroatoms. The van der Waals surface area contributed by atoms with Crippen molar-refractivity contribution in [2.75, 3.05) is 19.7 Å². The summed E-state index contributed by atoms with van der Waals surface area (Å²) in [5.74, 6) is -0.886. The molecule has 19 heavy (non-hydrogen) atoms. The lowest BCUT2D eigenvalue weighted by Gasteiger charge is -2.14. The van der Waals surface area contributed by atoms with E-state index in [1.165, 1.54) is 17.4 Å². The van der Waals surface area contributed by atoms with E-state index in [-0.39, 0.29) is 18.4 Å². The minimum Gasteiger partial charge on any atom is -0.478 e. The first-order chi connectivity index (χ1) is 9.10. The Morgan fingerprint density at radius 2 is 2.32 bits per heavy atom. The Labute approximate surface area is 114 Å². The lowest BCUT2D eigenvalue weighted by molar-refractivity contribution is -0.131. The summed E-state index contributed by atoms with van der Waals surface area (Å²) in [5, 5.41) is 19.3. The molecule has 1 aliphatic rings. The SMILES string of the molecule is O=C(O)/C=C/c1cc(C(=O)N2CCC(CO)C2)cs1. The number of hydrogen-bond acceptors (Lipinski definition) is 4. The van der Waals surface area contributed by atoms with E-state index >= 15 is 0 Å². The number of hydrogen-bond donors (Lipinski definition) is 2. The molecule has 1 aromatic heterocycles. The first kappa shape index (κ1) is 13.8. The van der Waals surface area contributed by atoms with E-state index in [9.17, 15) is 9.59 Å². The molecule has 102 valence electrons. The second kappa shape index (κ2) is 5.99. The Morgan fingerprint density at radius 1 is 1.53 bits per heavy atom. The average molecular weight is 281 g/mol. The number of carbonyl (C=O) groups is 2. The number of amides is 1. The third kappa shape index (κ3) is 3.42. The highest BCUT2D eigenvalue weighted by Crippen LogP contribution is 2.22. The molecular weight excluding hydrogens is 266 g/mol. The third-order valence-electron chi connectivity index (χ3n) is 3.09. The molecule has 0 bridgehead atoms. The smallest absolute Gasteiger partial charge is 0.328 e. The molecule has 1 aromatic rings. The number of aliphatic carboxylic acids is 1. The van der Waals surface area contributed by atoms with Gasteiger partial charge in [0.2, 0.25) is 0 Å². The van der Waals surface area contributed by atoms with Gasteiger partial charge < -0.3 is 15.1 Å². The molecule has 2 rings (SSSR count). The van der Waals surface area contributed by atoms with Gasteiger partial charge in [-0.3, -0.25) is 4.79 Å². The summed E-state index contributed by atoms with van der Waals surface area (Å²) < 4.78 is 0. The van der Waals surface area contributed by atoms with E-state index < -0.39 is 5.97 Å². The summed E-state index contributed by atoms with van der Waals surface area (Å²) in [6.45, 7) is 1.37. The minimum atomic E-state index is -1.01. The van der Waals surface area contributed by atoms with Crippen LogP contribution in [0.3, 0.4) is 0 Å². The molecule has 1 unspecified atom stereocenters. The molecule has 1 amide bonds. The average Bonchev–Trinajstić information content (AvgIpc) is 3.04. The van der Waals surface area contributed by atoms with Crippen LogP contribution in [0, 0.1) is 5.92 Å². The quantitative estimate of drug-likeness (QED) is 0.815. The number of carboxylic acids is 1. The van der Waals surface area contributed by atoms with E-state index in [1.54, 1.807) is 16.3 Å². The van der Waals surface area contributed by atoms with Crippen LogP contribution in [0.1, 0.15) is 21.7 Å². The number of carboxylic acid groups (broad SMARTS) is 1. The van der Waals surface area contributed by atoms with Crippen molar-refractivity contribution in [3.8, 4) is 0 Å². The van der Waals surface area contributed by atoms with Gasteiger partial charge in [-0.25, -0.2) is 4.79 Å². The zero-order chi connectivity index (χ0) is 13.8. The monoisotopic (exact) mass is 281 g/mol. The number of thiophene rings is 1. The van der Waals surface area contributed by atoms with Crippen LogP contribution in [0.4, 0.5) is 0 Å². The number of carbonyl (C=O) groups excluding carboxylic acids is 1. The van der Waals surface area contributed by atoms with Gasteiger partial charge in [0.1, 0.15) is 0 Å². The van der Waals surface area contributed by atoms with Gasteiger partial charge in [-0.05, 0) is 18.6 Å². The second-order valence-corrected chi connectivity index (χ2v) is 5.44. The van der Waals surface area contributed by atoms with Gasteiger partial charge in [0, 0.05) is 41.9 Å². The molecule has 1 aliphatic heterocycles. The Balaban J connectivity index is 2.02. The number of rotatable bonds is 4. The number of nitrogens with zero attached hydrogens (tertiary/aromatic N) is 1. The van der Waals surface area contributed by atoms with E-state index in [4.69, 9.17) is 10.2 Å².